The van der Waals surface area contributed by atoms with E-state index in [-0.39, 0.29) is 0 Å². The Morgan fingerprint density at radius 1 is 1.09 bits per heavy atom. The lowest BCUT2D eigenvalue weighted by atomic mass is 10.2. The first kappa shape index (κ1) is 16.5. The van der Waals surface area contributed by atoms with Gasteiger partial charge in [0.2, 0.25) is 0 Å². The zero-order valence-corrected chi connectivity index (χ0v) is 14.0. The third-order valence-corrected chi connectivity index (χ3v) is 3.71. The molecule has 2 aromatic rings. The van der Waals surface area contributed by atoms with Crippen LogP contribution in [0.25, 0.3) is 4.91 Å². The fraction of sp³-hybridized carbons (Fsp3) is 0.167. The average molecular weight is 327 g/mol. The molecule has 2 nitrogen and oxygen atoms in total. The van der Waals surface area contributed by atoms with Crippen molar-refractivity contribution in [1.29, 1.82) is 0 Å². The monoisotopic (exact) mass is 327 g/mol. The minimum Gasteiger partial charge on any atom is -0.789 e. The third-order valence-electron chi connectivity index (χ3n) is 2.97. The second-order valence-electron chi connectivity index (χ2n) is 4.70. The SMILES string of the molecule is CCCOc1ccc(C=Nc2ccc(/C([S-])=C/[S-])cc2)cc1. The van der Waals surface area contributed by atoms with Crippen LogP contribution in [0, 0.1) is 0 Å². The van der Waals surface area contributed by atoms with E-state index in [0.717, 1.165) is 35.6 Å². The zero-order valence-electron chi connectivity index (χ0n) is 12.4. The molecule has 0 unspecified atom stereocenters. The van der Waals surface area contributed by atoms with Crippen molar-refractivity contribution >= 4 is 42.1 Å². The van der Waals surface area contributed by atoms with Crippen molar-refractivity contribution in [2.24, 2.45) is 4.99 Å². The highest BCUT2D eigenvalue weighted by Gasteiger charge is 1.94. The van der Waals surface area contributed by atoms with E-state index in [4.69, 9.17) is 30.0 Å². The number of hydrogen-bond donors (Lipinski definition) is 0. The Morgan fingerprint density at radius 3 is 2.36 bits per heavy atom. The lowest BCUT2D eigenvalue weighted by molar-refractivity contribution is 0.317. The molecule has 0 saturated heterocycles. The largest absolute Gasteiger partial charge is 0.789 e. The molecule has 0 radical (unpaired) electrons. The summed E-state index contributed by atoms with van der Waals surface area (Å²) in [6.45, 7) is 2.83. The smallest absolute Gasteiger partial charge is 0.119 e. The van der Waals surface area contributed by atoms with Gasteiger partial charge in [-0.15, -0.1) is 0 Å². The predicted octanol–water partition coefficient (Wildman–Crippen LogP) is 4.62. The third kappa shape index (κ3) is 4.83. The maximum atomic E-state index is 5.55. The van der Waals surface area contributed by atoms with E-state index in [1.807, 2.05) is 54.7 Å². The highest BCUT2D eigenvalue weighted by Crippen LogP contribution is 2.18. The van der Waals surface area contributed by atoms with Crippen molar-refractivity contribution in [3.8, 4) is 5.75 Å². The summed E-state index contributed by atoms with van der Waals surface area (Å²) in [4.78, 5) is 5.12. The van der Waals surface area contributed by atoms with Crippen LogP contribution in [0.2, 0.25) is 0 Å². The van der Waals surface area contributed by atoms with Gasteiger partial charge in [-0.3, -0.25) is 4.99 Å². The van der Waals surface area contributed by atoms with Gasteiger partial charge >= 0.3 is 0 Å². The van der Waals surface area contributed by atoms with Crippen LogP contribution in [0.4, 0.5) is 5.69 Å². The van der Waals surface area contributed by atoms with Gasteiger partial charge in [0, 0.05) is 6.21 Å². The average Bonchev–Trinajstić information content (AvgIpc) is 2.58. The Morgan fingerprint density at radius 2 is 1.77 bits per heavy atom. The summed E-state index contributed by atoms with van der Waals surface area (Å²) in [5, 5.41) is 1.51. The first-order valence-electron chi connectivity index (χ1n) is 7.09. The Hall–Kier alpha value is -1.91. The lowest BCUT2D eigenvalue weighted by Crippen LogP contribution is -1.94. The molecule has 114 valence electrons. The predicted molar refractivity (Wildman–Crippen MR) is 98.6 cm³/mol. The van der Waals surface area contributed by atoms with Crippen LogP contribution < -0.4 is 4.74 Å². The van der Waals surface area contributed by atoms with Crippen LogP contribution in [0.3, 0.4) is 0 Å². The van der Waals surface area contributed by atoms with E-state index in [2.05, 4.69) is 11.9 Å². The maximum absolute atomic E-state index is 5.55. The van der Waals surface area contributed by atoms with Crippen molar-refractivity contribution < 1.29 is 4.74 Å². The Kier molecular flexibility index (Phi) is 6.37. The van der Waals surface area contributed by atoms with Crippen LogP contribution in [-0.4, -0.2) is 12.8 Å². The van der Waals surface area contributed by atoms with Gasteiger partial charge in [-0.2, -0.15) is 4.91 Å². The number of rotatable bonds is 6. The minimum absolute atomic E-state index is 0.674. The van der Waals surface area contributed by atoms with Crippen LogP contribution >= 0.6 is 0 Å². The number of benzene rings is 2. The second kappa shape index (κ2) is 8.51. The highest BCUT2D eigenvalue weighted by atomic mass is 32.1. The fourth-order valence-corrected chi connectivity index (χ4v) is 2.07. The summed E-state index contributed by atoms with van der Waals surface area (Å²) in [5.41, 5.74) is 2.85. The molecule has 4 heteroatoms. The molecule has 2 rings (SSSR count). The standard InChI is InChI=1S/C18H19NOS2/c1-2-11-20-17-9-3-14(4-10-17)12-19-16-7-5-15(6-8-16)18(22)13-21/h3-10,12-13,21-22H,2,11H2,1H3/p-2/b18-13-,19-12?. The minimum atomic E-state index is 0.674. The van der Waals surface area contributed by atoms with Gasteiger partial charge in [0.1, 0.15) is 5.75 Å². The molecule has 0 atom stereocenters. The number of nitrogens with zero attached hydrogens (tertiary/aromatic N) is 1. The molecule has 0 amide bonds. The van der Waals surface area contributed by atoms with E-state index < -0.39 is 0 Å². The summed E-state index contributed by atoms with van der Waals surface area (Å²) < 4.78 is 5.55. The molecular formula is C18H17NOS2-2. The van der Waals surface area contributed by atoms with Gasteiger partial charge in [0.05, 0.1) is 12.3 Å². The van der Waals surface area contributed by atoms with Crippen LogP contribution in [0.1, 0.15) is 24.5 Å². The van der Waals surface area contributed by atoms with Gasteiger partial charge in [-0.25, -0.2) is 5.41 Å². The fourth-order valence-electron chi connectivity index (χ4n) is 1.80. The number of ether oxygens (including phenoxy) is 1. The van der Waals surface area contributed by atoms with Crippen molar-refractivity contribution in [2.45, 2.75) is 13.3 Å². The Balaban J connectivity index is 2.02. The Labute approximate surface area is 142 Å². The molecule has 0 aliphatic heterocycles. The van der Waals surface area contributed by atoms with Crippen molar-refractivity contribution in [3.05, 3.63) is 65.1 Å². The zero-order chi connectivity index (χ0) is 15.8. The van der Waals surface area contributed by atoms with Gasteiger partial charge < -0.3 is 30.0 Å². The molecule has 0 N–H and O–H groups in total. The van der Waals surface area contributed by atoms with Crippen LogP contribution in [0.5, 0.6) is 5.75 Å². The van der Waals surface area contributed by atoms with Crippen LogP contribution in [0.15, 0.2) is 58.9 Å². The van der Waals surface area contributed by atoms with E-state index >= 15 is 0 Å². The molecule has 2 aromatic carbocycles. The molecule has 0 fully saturated rings. The quantitative estimate of drug-likeness (QED) is 0.571. The van der Waals surface area contributed by atoms with Gasteiger partial charge in [-0.1, -0.05) is 19.1 Å². The first-order valence-corrected chi connectivity index (χ1v) is 7.97. The van der Waals surface area contributed by atoms with E-state index in [1.165, 1.54) is 5.41 Å². The van der Waals surface area contributed by atoms with Gasteiger partial charge in [0.15, 0.2) is 0 Å². The molecule has 0 spiro atoms. The first-order chi connectivity index (χ1) is 10.7. The normalized spacial score (nSPS) is 11.8. The summed E-state index contributed by atoms with van der Waals surface area (Å²) in [7, 11) is 0. The molecule has 0 saturated carbocycles. The molecule has 0 bridgehead atoms. The molecule has 0 aliphatic rings. The maximum Gasteiger partial charge on any atom is 0.119 e. The highest BCUT2D eigenvalue weighted by molar-refractivity contribution is 7.72. The summed E-state index contributed by atoms with van der Waals surface area (Å²) in [5.74, 6) is 0.886. The Bertz CT molecular complexity index is 646. The van der Waals surface area contributed by atoms with E-state index in [0.29, 0.717) is 4.91 Å². The van der Waals surface area contributed by atoms with E-state index in [1.54, 1.807) is 0 Å². The second-order valence-corrected chi connectivity index (χ2v) is 5.38. The van der Waals surface area contributed by atoms with Gasteiger partial charge in [0.25, 0.3) is 0 Å². The number of aliphatic imine (C=N–C) groups is 1. The van der Waals surface area contributed by atoms with Crippen molar-refractivity contribution in [1.82, 2.24) is 0 Å². The van der Waals surface area contributed by atoms with Crippen molar-refractivity contribution in [3.63, 3.8) is 0 Å². The van der Waals surface area contributed by atoms with E-state index in [9.17, 15) is 0 Å². The van der Waals surface area contributed by atoms with Crippen LogP contribution in [-0.2, 0) is 25.3 Å². The summed E-state index contributed by atoms with van der Waals surface area (Å²) in [6, 6.07) is 15.6. The topological polar surface area (TPSA) is 21.6 Å². The molecule has 0 aromatic heterocycles. The summed E-state index contributed by atoms with van der Waals surface area (Å²) >= 11 is 9.97. The van der Waals surface area contributed by atoms with Crippen molar-refractivity contribution in [2.75, 3.05) is 6.61 Å². The summed E-state index contributed by atoms with van der Waals surface area (Å²) in [6.07, 6.45) is 2.84. The molecule has 0 heterocycles. The number of hydrogen-bond acceptors (Lipinski definition) is 4. The molecule has 0 aliphatic carbocycles. The molecule has 22 heavy (non-hydrogen) atoms. The van der Waals surface area contributed by atoms with Gasteiger partial charge in [-0.05, 0) is 53.9 Å². The molecular weight excluding hydrogens is 310 g/mol. The lowest BCUT2D eigenvalue weighted by Gasteiger charge is -2.15.